The summed E-state index contributed by atoms with van der Waals surface area (Å²) in [5.41, 5.74) is 12.8. The molecule has 4 N–H and O–H groups in total. The number of carbonyl (C=O) groups excluding carboxylic acids is 3. The fraction of sp³-hybridized carbons (Fsp3) is 0.346. The number of carboxylic acid groups (broad SMARTS) is 1. The Labute approximate surface area is 401 Å². The standard InChI is InChI=1S/C26H30N2O2S2.C15H18N2OS2.C11H14O2/c1-26(2,3)20-12-8-11-19(15-20)25(30)28-21(13-14-31-4)23(29)16-24-27-22(17-32-24)18-9-6-5-7-10-18;1-19-8-7-12(16)14(18)9-15-17-13(10-20-15)11-5-3-2-4-6-11;1-11(2,3)9-6-4-5-8(7-9)10(12)13/h5-12,15,17,21H,13-14,16H2,1-4H3,(H,28,30);2-6,10,12H,7-9,16H2,1H3;4-7H,1-3H3,(H,12,13)/t21-;12-;/m00./s1. The van der Waals surface area contributed by atoms with Crippen LogP contribution in [0.2, 0.25) is 0 Å². The van der Waals surface area contributed by atoms with Crippen molar-refractivity contribution in [1.29, 1.82) is 0 Å². The second-order valence-corrected chi connectivity index (χ2v) is 21.3. The van der Waals surface area contributed by atoms with Crippen molar-refractivity contribution in [2.24, 2.45) is 5.73 Å². The largest absolute Gasteiger partial charge is 0.478 e. The Balaban J connectivity index is 0.000000238. The Kier molecular flexibility index (Phi) is 20.8. The maximum atomic E-state index is 13.1. The highest BCUT2D eigenvalue weighted by atomic mass is 32.2. The molecule has 13 heteroatoms. The number of Topliss-reactive ketones (excluding diaryl/α,β-unsaturated/α-hetero) is 2. The Bertz CT molecular complexity index is 2440. The number of hydrogen-bond donors (Lipinski definition) is 3. The summed E-state index contributed by atoms with van der Waals surface area (Å²) in [6.45, 7) is 12.5. The number of rotatable bonds is 17. The van der Waals surface area contributed by atoms with Gasteiger partial charge in [0.05, 0.1) is 41.9 Å². The lowest BCUT2D eigenvalue weighted by Gasteiger charge is -2.21. The summed E-state index contributed by atoms with van der Waals surface area (Å²) in [6.07, 6.45) is 5.91. The number of ketones is 2. The lowest BCUT2D eigenvalue weighted by Crippen LogP contribution is -2.42. The Morgan fingerprint density at radius 1 is 0.631 bits per heavy atom. The summed E-state index contributed by atoms with van der Waals surface area (Å²) < 4.78 is 0. The molecule has 0 aliphatic heterocycles. The molecule has 0 bridgehead atoms. The fourth-order valence-electron chi connectivity index (χ4n) is 6.26. The summed E-state index contributed by atoms with van der Waals surface area (Å²) in [5.74, 6) is 0.707. The van der Waals surface area contributed by atoms with E-state index in [1.807, 2.05) is 108 Å². The third kappa shape index (κ3) is 17.4. The fourth-order valence-corrected chi connectivity index (χ4v) is 8.85. The van der Waals surface area contributed by atoms with Gasteiger partial charge in [-0.15, -0.1) is 22.7 Å². The molecule has 0 fully saturated rings. The van der Waals surface area contributed by atoms with E-state index in [2.05, 4.69) is 56.8 Å². The van der Waals surface area contributed by atoms with Crippen LogP contribution in [-0.4, -0.2) is 74.6 Å². The molecule has 4 aromatic carbocycles. The average Bonchev–Trinajstić information content (AvgIpc) is 3.97. The Morgan fingerprint density at radius 3 is 1.54 bits per heavy atom. The summed E-state index contributed by atoms with van der Waals surface area (Å²) in [7, 11) is 0. The number of amides is 1. The molecule has 0 aliphatic rings. The van der Waals surface area contributed by atoms with Crippen molar-refractivity contribution in [2.45, 2.75) is 90.1 Å². The predicted octanol–water partition coefficient (Wildman–Crippen LogP) is 11.5. The summed E-state index contributed by atoms with van der Waals surface area (Å²) in [5, 5.41) is 17.3. The molecule has 9 nitrogen and oxygen atoms in total. The van der Waals surface area contributed by atoms with Crippen molar-refractivity contribution >= 4 is 69.6 Å². The number of aromatic nitrogens is 2. The van der Waals surface area contributed by atoms with Gasteiger partial charge in [-0.05, 0) is 83.1 Å². The molecule has 2 heterocycles. The molecule has 344 valence electrons. The number of hydrogen-bond acceptors (Lipinski definition) is 11. The maximum Gasteiger partial charge on any atom is 0.335 e. The molecule has 0 saturated carbocycles. The van der Waals surface area contributed by atoms with E-state index < -0.39 is 12.0 Å². The molecule has 0 aliphatic carbocycles. The zero-order chi connectivity index (χ0) is 47.6. The van der Waals surface area contributed by atoms with Crippen LogP contribution in [0.15, 0.2) is 120 Å². The molecule has 0 saturated heterocycles. The molecular weight excluding hydrogens is 889 g/mol. The number of carbonyl (C=O) groups is 4. The van der Waals surface area contributed by atoms with Crippen molar-refractivity contribution < 1.29 is 24.3 Å². The predicted molar refractivity (Wildman–Crippen MR) is 275 cm³/mol. The maximum absolute atomic E-state index is 13.1. The van der Waals surface area contributed by atoms with Crippen molar-refractivity contribution in [1.82, 2.24) is 15.3 Å². The van der Waals surface area contributed by atoms with Gasteiger partial charge >= 0.3 is 5.97 Å². The van der Waals surface area contributed by atoms with Gasteiger partial charge in [0.15, 0.2) is 11.6 Å². The number of nitrogens with zero attached hydrogens (tertiary/aromatic N) is 2. The highest BCUT2D eigenvalue weighted by Gasteiger charge is 2.24. The lowest BCUT2D eigenvalue weighted by molar-refractivity contribution is -0.120. The normalized spacial score (nSPS) is 12.1. The van der Waals surface area contributed by atoms with Crippen molar-refractivity contribution in [3.63, 3.8) is 0 Å². The average molecular weight is 951 g/mol. The van der Waals surface area contributed by atoms with Gasteiger partial charge < -0.3 is 16.2 Å². The highest BCUT2D eigenvalue weighted by molar-refractivity contribution is 7.98. The highest BCUT2D eigenvalue weighted by Crippen LogP contribution is 2.26. The van der Waals surface area contributed by atoms with E-state index in [9.17, 15) is 19.2 Å². The first-order valence-electron chi connectivity index (χ1n) is 21.4. The second kappa shape index (κ2) is 25.7. The van der Waals surface area contributed by atoms with E-state index in [1.54, 1.807) is 47.8 Å². The van der Waals surface area contributed by atoms with E-state index in [1.165, 1.54) is 22.7 Å². The van der Waals surface area contributed by atoms with Gasteiger partial charge in [0.2, 0.25) is 0 Å². The van der Waals surface area contributed by atoms with E-state index in [4.69, 9.17) is 10.8 Å². The van der Waals surface area contributed by atoms with Crippen molar-refractivity contribution in [3.05, 3.63) is 152 Å². The smallest absolute Gasteiger partial charge is 0.335 e. The Morgan fingerprint density at radius 2 is 1.08 bits per heavy atom. The van der Waals surface area contributed by atoms with Crippen LogP contribution < -0.4 is 11.1 Å². The van der Waals surface area contributed by atoms with Gasteiger partial charge in [-0.3, -0.25) is 14.4 Å². The number of carboxylic acids is 1. The van der Waals surface area contributed by atoms with Crippen LogP contribution in [0.1, 0.15) is 96.2 Å². The summed E-state index contributed by atoms with van der Waals surface area (Å²) in [4.78, 5) is 57.9. The lowest BCUT2D eigenvalue weighted by atomic mass is 9.86. The number of aromatic carboxylic acids is 1. The molecule has 6 rings (SSSR count). The van der Waals surface area contributed by atoms with Crippen LogP contribution in [0.25, 0.3) is 22.5 Å². The molecule has 6 aromatic rings. The zero-order valence-electron chi connectivity index (χ0n) is 38.6. The van der Waals surface area contributed by atoms with Crippen molar-refractivity contribution in [2.75, 3.05) is 24.0 Å². The van der Waals surface area contributed by atoms with Gasteiger partial charge in [-0.2, -0.15) is 23.5 Å². The minimum Gasteiger partial charge on any atom is -0.478 e. The molecule has 2 atom stereocenters. The molecule has 0 spiro atoms. The summed E-state index contributed by atoms with van der Waals surface area (Å²) >= 11 is 6.38. The third-order valence-electron chi connectivity index (χ3n) is 10.2. The van der Waals surface area contributed by atoms with E-state index in [0.717, 1.165) is 61.6 Å². The van der Waals surface area contributed by atoms with Gasteiger partial charge in [-0.1, -0.05) is 126 Å². The van der Waals surface area contributed by atoms with Crippen molar-refractivity contribution in [3.8, 4) is 22.5 Å². The van der Waals surface area contributed by atoms with Crippen LogP contribution in [0.4, 0.5) is 0 Å². The molecule has 2 aromatic heterocycles. The number of benzene rings is 4. The van der Waals surface area contributed by atoms with Crippen LogP contribution >= 0.6 is 46.2 Å². The second-order valence-electron chi connectivity index (χ2n) is 17.4. The van der Waals surface area contributed by atoms with Crippen LogP contribution in [0.5, 0.6) is 0 Å². The molecule has 0 radical (unpaired) electrons. The van der Waals surface area contributed by atoms with Gasteiger partial charge in [-0.25, -0.2) is 14.8 Å². The molecular formula is C52H62N4O5S4. The zero-order valence-corrected chi connectivity index (χ0v) is 41.9. The minimum absolute atomic E-state index is 0.00542. The number of thioether (sulfide) groups is 2. The van der Waals surface area contributed by atoms with E-state index in [0.29, 0.717) is 24.0 Å². The van der Waals surface area contributed by atoms with Gasteiger partial charge in [0.1, 0.15) is 10.0 Å². The topological polar surface area (TPSA) is 152 Å². The quantitative estimate of drug-likeness (QED) is 0.0805. The molecule has 0 unspecified atom stereocenters. The number of thiazole rings is 2. The van der Waals surface area contributed by atoms with Crippen LogP contribution in [-0.2, 0) is 33.3 Å². The Hall–Kier alpha value is -4.92. The van der Waals surface area contributed by atoms with E-state index in [-0.39, 0.29) is 40.8 Å². The first kappa shape index (κ1) is 52.7. The molecule has 1 amide bonds. The van der Waals surface area contributed by atoms with Crippen LogP contribution in [0.3, 0.4) is 0 Å². The number of nitrogens with one attached hydrogen (secondary N) is 1. The summed E-state index contributed by atoms with van der Waals surface area (Å²) in [6, 6.07) is 33.7. The molecule has 65 heavy (non-hydrogen) atoms. The minimum atomic E-state index is -0.869. The van der Waals surface area contributed by atoms with Crippen LogP contribution in [0, 0.1) is 0 Å². The van der Waals surface area contributed by atoms with E-state index >= 15 is 0 Å². The van der Waals surface area contributed by atoms with Gasteiger partial charge in [0.25, 0.3) is 5.91 Å². The third-order valence-corrected chi connectivity index (χ3v) is 13.2. The van der Waals surface area contributed by atoms with Gasteiger partial charge in [0, 0.05) is 27.5 Å². The number of nitrogens with two attached hydrogens (primary N) is 1. The first-order valence-corrected chi connectivity index (χ1v) is 26.0. The first-order chi connectivity index (χ1) is 30.9. The SMILES string of the molecule is CC(C)(C)c1cccc(C(=O)O)c1.CSCC[C@H](N)C(=O)Cc1nc(-c2ccccc2)cs1.CSCC[C@H](NC(=O)c1cccc(C(C)(C)C)c1)C(=O)Cc1nc(-c2ccccc2)cs1. The monoisotopic (exact) mass is 950 g/mol.